The van der Waals surface area contributed by atoms with Crippen LogP contribution in [0.2, 0.25) is 0 Å². The predicted molar refractivity (Wildman–Crippen MR) is 56.7 cm³/mol. The van der Waals surface area contributed by atoms with Gasteiger partial charge in [0.25, 0.3) is 0 Å². The van der Waals surface area contributed by atoms with Gasteiger partial charge in [-0.25, -0.2) is 0 Å². The van der Waals surface area contributed by atoms with Crippen LogP contribution in [-0.2, 0) is 6.42 Å². The van der Waals surface area contributed by atoms with Crippen LogP contribution in [0.5, 0.6) is 5.75 Å². The Kier molecular flexibility index (Phi) is 4.17. The molecule has 2 nitrogen and oxygen atoms in total. The molecule has 0 spiro atoms. The molecule has 0 heterocycles. The van der Waals surface area contributed by atoms with Gasteiger partial charge in [-0.3, -0.25) is 4.79 Å². The average molecular weight is 192 g/mol. The lowest BCUT2D eigenvalue weighted by Gasteiger charge is -2.04. The lowest BCUT2D eigenvalue weighted by Crippen LogP contribution is -1.89. The Morgan fingerprint density at radius 3 is 2.79 bits per heavy atom. The monoisotopic (exact) mass is 192 g/mol. The summed E-state index contributed by atoms with van der Waals surface area (Å²) < 4.78 is 0. The van der Waals surface area contributed by atoms with E-state index >= 15 is 0 Å². The summed E-state index contributed by atoms with van der Waals surface area (Å²) in [7, 11) is 0. The number of aryl methyl sites for hydroxylation is 1. The van der Waals surface area contributed by atoms with Gasteiger partial charge in [0, 0.05) is 5.56 Å². The number of hydrogen-bond donors (Lipinski definition) is 1. The molecular formula is C12H16O2. The quantitative estimate of drug-likeness (QED) is 0.575. The van der Waals surface area contributed by atoms with Crippen LogP contribution >= 0.6 is 0 Å². The first-order valence-corrected chi connectivity index (χ1v) is 5.05. The average Bonchev–Trinajstić information content (AvgIpc) is 2.21. The smallest absolute Gasteiger partial charge is 0.150 e. The van der Waals surface area contributed by atoms with Crippen molar-refractivity contribution in [1.29, 1.82) is 0 Å². The number of unbranched alkanes of at least 4 members (excludes halogenated alkanes) is 2. The lowest BCUT2D eigenvalue weighted by atomic mass is 10.0. The molecule has 0 atom stereocenters. The van der Waals surface area contributed by atoms with Crippen LogP contribution in [0.4, 0.5) is 0 Å². The maximum Gasteiger partial charge on any atom is 0.150 e. The summed E-state index contributed by atoms with van der Waals surface area (Å²) in [5.74, 6) is 0.298. The first kappa shape index (κ1) is 10.8. The second-order valence-electron chi connectivity index (χ2n) is 3.46. The number of phenols is 1. The fourth-order valence-corrected chi connectivity index (χ4v) is 1.44. The maximum atomic E-state index is 10.5. The summed E-state index contributed by atoms with van der Waals surface area (Å²) in [6.45, 7) is 2.14. The van der Waals surface area contributed by atoms with Crippen molar-refractivity contribution in [2.24, 2.45) is 0 Å². The van der Waals surface area contributed by atoms with Gasteiger partial charge in [0.05, 0.1) is 0 Å². The molecule has 0 unspecified atom stereocenters. The maximum absolute atomic E-state index is 10.5. The zero-order valence-electron chi connectivity index (χ0n) is 8.49. The molecule has 0 amide bonds. The lowest BCUT2D eigenvalue weighted by molar-refractivity contribution is 0.112. The highest BCUT2D eigenvalue weighted by Crippen LogP contribution is 2.20. The minimum Gasteiger partial charge on any atom is -0.508 e. The van der Waals surface area contributed by atoms with Gasteiger partial charge in [0.2, 0.25) is 0 Å². The zero-order chi connectivity index (χ0) is 10.4. The molecule has 0 saturated heterocycles. The molecule has 0 radical (unpaired) electrons. The van der Waals surface area contributed by atoms with Crippen LogP contribution in [0.1, 0.15) is 42.1 Å². The molecule has 2 heteroatoms. The third kappa shape index (κ3) is 2.87. The molecule has 1 rings (SSSR count). The molecule has 0 fully saturated rings. The number of benzene rings is 1. The molecule has 0 aliphatic carbocycles. The summed E-state index contributed by atoms with van der Waals surface area (Å²) in [6, 6.07) is 4.98. The minimum atomic E-state index is 0.298. The second kappa shape index (κ2) is 5.43. The van der Waals surface area contributed by atoms with Gasteiger partial charge in [-0.05, 0) is 36.6 Å². The van der Waals surface area contributed by atoms with E-state index in [1.807, 2.05) is 0 Å². The van der Waals surface area contributed by atoms with Gasteiger partial charge in [-0.1, -0.05) is 19.8 Å². The fraction of sp³-hybridized carbons (Fsp3) is 0.417. The van der Waals surface area contributed by atoms with Crippen molar-refractivity contribution in [3.05, 3.63) is 29.3 Å². The number of aldehydes is 1. The van der Waals surface area contributed by atoms with Crippen molar-refractivity contribution >= 4 is 6.29 Å². The molecule has 14 heavy (non-hydrogen) atoms. The predicted octanol–water partition coefficient (Wildman–Crippen LogP) is 2.94. The molecule has 76 valence electrons. The van der Waals surface area contributed by atoms with E-state index in [2.05, 4.69) is 6.92 Å². The summed E-state index contributed by atoms with van der Waals surface area (Å²) >= 11 is 0. The van der Waals surface area contributed by atoms with E-state index in [9.17, 15) is 9.90 Å². The summed E-state index contributed by atoms with van der Waals surface area (Å²) in [6.07, 6.45) is 5.04. The van der Waals surface area contributed by atoms with Crippen molar-refractivity contribution in [3.8, 4) is 5.75 Å². The summed E-state index contributed by atoms with van der Waals surface area (Å²) in [5.41, 5.74) is 1.51. The van der Waals surface area contributed by atoms with Crippen LogP contribution in [0.15, 0.2) is 18.2 Å². The first-order valence-electron chi connectivity index (χ1n) is 5.05. The minimum absolute atomic E-state index is 0.298. The molecule has 1 aromatic carbocycles. The molecule has 0 aromatic heterocycles. The number of carbonyl (C=O) groups is 1. The van der Waals surface area contributed by atoms with Crippen molar-refractivity contribution < 1.29 is 9.90 Å². The van der Waals surface area contributed by atoms with Gasteiger partial charge >= 0.3 is 0 Å². The number of rotatable bonds is 5. The van der Waals surface area contributed by atoms with E-state index < -0.39 is 0 Å². The summed E-state index contributed by atoms with van der Waals surface area (Å²) in [5, 5.41) is 9.51. The van der Waals surface area contributed by atoms with Gasteiger partial charge in [-0.15, -0.1) is 0 Å². The Hall–Kier alpha value is -1.31. The van der Waals surface area contributed by atoms with E-state index in [1.54, 1.807) is 18.2 Å². The normalized spacial score (nSPS) is 10.1. The van der Waals surface area contributed by atoms with E-state index in [0.717, 1.165) is 37.5 Å². The highest BCUT2D eigenvalue weighted by molar-refractivity contribution is 5.75. The number of aromatic hydroxyl groups is 1. The largest absolute Gasteiger partial charge is 0.508 e. The van der Waals surface area contributed by atoms with Gasteiger partial charge in [0.1, 0.15) is 12.0 Å². The Morgan fingerprint density at radius 2 is 2.14 bits per heavy atom. The Bertz CT molecular complexity index is 305. The number of carbonyl (C=O) groups excluding carboxylic acids is 1. The Labute approximate surface area is 84.6 Å². The second-order valence-corrected chi connectivity index (χ2v) is 3.46. The van der Waals surface area contributed by atoms with E-state index in [1.165, 1.54) is 0 Å². The molecule has 1 aromatic rings. The highest BCUT2D eigenvalue weighted by atomic mass is 16.3. The van der Waals surface area contributed by atoms with Gasteiger partial charge < -0.3 is 5.11 Å². The number of phenolic OH excluding ortho intramolecular Hbond substituents is 1. The summed E-state index contributed by atoms with van der Waals surface area (Å²) in [4.78, 5) is 10.5. The highest BCUT2D eigenvalue weighted by Gasteiger charge is 2.01. The molecule has 0 saturated carbocycles. The number of hydrogen-bond acceptors (Lipinski definition) is 2. The fourth-order valence-electron chi connectivity index (χ4n) is 1.44. The van der Waals surface area contributed by atoms with Crippen LogP contribution < -0.4 is 0 Å². The molecular weight excluding hydrogens is 176 g/mol. The first-order chi connectivity index (χ1) is 6.77. The van der Waals surface area contributed by atoms with Gasteiger partial charge in [0.15, 0.2) is 0 Å². The zero-order valence-corrected chi connectivity index (χ0v) is 8.49. The Morgan fingerprint density at radius 1 is 1.36 bits per heavy atom. The standard InChI is InChI=1S/C12H16O2/c1-2-3-4-5-11-8-10(9-13)6-7-12(11)14/h6-9,14H,2-5H2,1H3. The topological polar surface area (TPSA) is 37.3 Å². The van der Waals surface area contributed by atoms with E-state index in [0.29, 0.717) is 11.3 Å². The third-order valence-electron chi connectivity index (χ3n) is 2.29. The van der Waals surface area contributed by atoms with E-state index in [-0.39, 0.29) is 0 Å². The third-order valence-corrected chi connectivity index (χ3v) is 2.29. The molecule has 1 N–H and O–H groups in total. The molecule has 0 aliphatic heterocycles. The van der Waals surface area contributed by atoms with Crippen molar-refractivity contribution in [2.45, 2.75) is 32.6 Å². The van der Waals surface area contributed by atoms with Crippen LogP contribution in [0, 0.1) is 0 Å². The molecule has 0 aliphatic rings. The van der Waals surface area contributed by atoms with Crippen molar-refractivity contribution in [3.63, 3.8) is 0 Å². The van der Waals surface area contributed by atoms with Crippen LogP contribution in [-0.4, -0.2) is 11.4 Å². The van der Waals surface area contributed by atoms with Crippen LogP contribution in [0.25, 0.3) is 0 Å². The molecule has 0 bridgehead atoms. The Balaban J connectivity index is 2.68. The van der Waals surface area contributed by atoms with Crippen LogP contribution in [0.3, 0.4) is 0 Å². The SMILES string of the molecule is CCCCCc1cc(C=O)ccc1O. The van der Waals surface area contributed by atoms with E-state index in [4.69, 9.17) is 0 Å². The van der Waals surface area contributed by atoms with Crippen molar-refractivity contribution in [2.75, 3.05) is 0 Å². The van der Waals surface area contributed by atoms with Crippen molar-refractivity contribution in [1.82, 2.24) is 0 Å². The van der Waals surface area contributed by atoms with Gasteiger partial charge in [-0.2, -0.15) is 0 Å².